The topological polar surface area (TPSA) is 27.1 Å². The van der Waals surface area contributed by atoms with Crippen LogP contribution in [0.25, 0.3) is 10.9 Å². The zero-order chi connectivity index (χ0) is 10.3. The number of aromatic nitrogens is 2. The van der Waals surface area contributed by atoms with E-state index in [2.05, 4.69) is 43.6 Å². The predicted octanol–water partition coefficient (Wildman–Crippen LogP) is 2.95. The Balaban J connectivity index is 2.90. The molecule has 1 heterocycles. The minimum atomic E-state index is 0.854. The summed E-state index contributed by atoms with van der Waals surface area (Å²) in [6.45, 7) is 0. The van der Waals surface area contributed by atoms with Crippen LogP contribution >= 0.6 is 38.5 Å². The van der Waals surface area contributed by atoms with Gasteiger partial charge in [0.25, 0.3) is 0 Å². The van der Waals surface area contributed by atoms with E-state index in [9.17, 15) is 0 Å². The minimum Gasteiger partial charge on any atom is -0.496 e. The molecule has 0 radical (unpaired) electrons. The molecule has 0 aliphatic carbocycles. The summed E-state index contributed by atoms with van der Waals surface area (Å²) in [5.74, 6) is 0.854. The smallest absolute Gasteiger partial charge is 0.134 e. The largest absolute Gasteiger partial charge is 0.496 e. The Hall–Kier alpha value is -0.300. The fourth-order valence-electron chi connectivity index (χ4n) is 1.43. The van der Waals surface area contributed by atoms with Crippen molar-refractivity contribution in [3.63, 3.8) is 0 Å². The lowest BCUT2D eigenvalue weighted by Gasteiger charge is -2.03. The Bertz CT molecular complexity index is 495. The normalized spacial score (nSPS) is 10.9. The minimum absolute atomic E-state index is 0.854. The third-order valence-corrected chi connectivity index (χ3v) is 3.27. The fourth-order valence-corrected chi connectivity index (χ4v) is 2.72. The maximum atomic E-state index is 5.31. The summed E-state index contributed by atoms with van der Waals surface area (Å²) in [7, 11) is 3.60. The molecule has 1 aromatic heterocycles. The quantitative estimate of drug-likeness (QED) is 0.725. The fraction of sp³-hybridized carbons (Fsp3) is 0.222. The average molecular weight is 367 g/mol. The lowest BCUT2D eigenvalue weighted by molar-refractivity contribution is 0.419. The van der Waals surface area contributed by atoms with Crippen LogP contribution in [0.2, 0.25) is 0 Å². The number of hydrogen-bond donors (Lipinski definition) is 0. The van der Waals surface area contributed by atoms with Gasteiger partial charge in [0.15, 0.2) is 0 Å². The van der Waals surface area contributed by atoms with Crippen LogP contribution in [0.5, 0.6) is 5.75 Å². The molecule has 0 N–H and O–H groups in total. The maximum absolute atomic E-state index is 5.31. The van der Waals surface area contributed by atoms with E-state index in [-0.39, 0.29) is 0 Å². The molecule has 0 amide bonds. The van der Waals surface area contributed by atoms with E-state index in [1.54, 1.807) is 7.11 Å². The monoisotopic (exact) mass is 366 g/mol. The van der Waals surface area contributed by atoms with Gasteiger partial charge in [-0.15, -0.1) is 0 Å². The van der Waals surface area contributed by atoms with Crippen molar-refractivity contribution < 1.29 is 4.74 Å². The van der Waals surface area contributed by atoms with Crippen molar-refractivity contribution in [2.24, 2.45) is 7.05 Å². The molecule has 2 aromatic rings. The number of hydrogen-bond acceptors (Lipinski definition) is 2. The molecule has 5 heteroatoms. The second-order valence-corrected chi connectivity index (χ2v) is 4.85. The van der Waals surface area contributed by atoms with Crippen molar-refractivity contribution in [3.05, 3.63) is 20.3 Å². The van der Waals surface area contributed by atoms with E-state index >= 15 is 0 Å². The van der Waals surface area contributed by atoms with Crippen LogP contribution in [-0.2, 0) is 7.05 Å². The number of halogens is 2. The molecule has 0 saturated heterocycles. The number of methoxy groups -OCH3 is 1. The molecule has 1 aromatic carbocycles. The van der Waals surface area contributed by atoms with E-state index in [4.69, 9.17) is 4.74 Å². The average Bonchev–Trinajstić information content (AvgIpc) is 2.41. The van der Waals surface area contributed by atoms with Gasteiger partial charge >= 0.3 is 0 Å². The van der Waals surface area contributed by atoms with Gasteiger partial charge in [0.1, 0.15) is 9.45 Å². The predicted molar refractivity (Wildman–Crippen MR) is 67.7 cm³/mol. The van der Waals surface area contributed by atoms with Gasteiger partial charge in [0.2, 0.25) is 0 Å². The third kappa shape index (κ3) is 1.52. The molecule has 0 spiro atoms. The van der Waals surface area contributed by atoms with Crippen LogP contribution < -0.4 is 4.74 Å². The molecular weight excluding hydrogens is 359 g/mol. The van der Waals surface area contributed by atoms with Gasteiger partial charge in [-0.05, 0) is 34.7 Å². The van der Waals surface area contributed by atoms with E-state index in [0.717, 1.165) is 24.8 Å². The van der Waals surface area contributed by atoms with Crippen LogP contribution in [0.4, 0.5) is 0 Å². The Morgan fingerprint density at radius 2 is 2.21 bits per heavy atom. The molecular formula is C9H8BrIN2O. The number of fused-ring (bicyclic) bond motifs is 1. The molecule has 0 bridgehead atoms. The number of rotatable bonds is 1. The Labute approximate surface area is 104 Å². The summed E-state index contributed by atoms with van der Waals surface area (Å²) < 4.78 is 9.13. The summed E-state index contributed by atoms with van der Waals surface area (Å²) in [6.07, 6.45) is 0. The van der Waals surface area contributed by atoms with Crippen molar-refractivity contribution in [2.45, 2.75) is 0 Å². The van der Waals surface area contributed by atoms with E-state index in [1.807, 2.05) is 23.9 Å². The Kier molecular flexibility index (Phi) is 2.70. The number of ether oxygens (including phenoxy) is 1. The van der Waals surface area contributed by atoms with E-state index in [0.29, 0.717) is 0 Å². The van der Waals surface area contributed by atoms with Crippen LogP contribution in [0.1, 0.15) is 0 Å². The first-order chi connectivity index (χ1) is 6.63. The molecule has 0 aliphatic heterocycles. The molecule has 3 nitrogen and oxygen atoms in total. The summed E-state index contributed by atoms with van der Waals surface area (Å²) in [4.78, 5) is 0. The van der Waals surface area contributed by atoms with Crippen molar-refractivity contribution in [2.75, 3.05) is 7.11 Å². The second kappa shape index (κ2) is 3.69. The first-order valence-electron chi connectivity index (χ1n) is 3.99. The van der Waals surface area contributed by atoms with Gasteiger partial charge in [0, 0.05) is 11.5 Å². The second-order valence-electron chi connectivity index (χ2n) is 2.92. The molecule has 0 saturated carbocycles. The summed E-state index contributed by atoms with van der Waals surface area (Å²) in [5, 5.41) is 5.41. The highest BCUT2D eigenvalue weighted by atomic mass is 127. The van der Waals surface area contributed by atoms with Crippen molar-refractivity contribution in [1.29, 1.82) is 0 Å². The van der Waals surface area contributed by atoms with Crippen molar-refractivity contribution in [3.8, 4) is 5.75 Å². The maximum Gasteiger partial charge on any atom is 0.134 e. The highest BCUT2D eigenvalue weighted by Crippen LogP contribution is 2.32. The van der Waals surface area contributed by atoms with Crippen LogP contribution in [0, 0.1) is 3.70 Å². The van der Waals surface area contributed by atoms with Gasteiger partial charge in [-0.2, -0.15) is 5.10 Å². The summed E-state index contributed by atoms with van der Waals surface area (Å²) in [5.41, 5.74) is 1.07. The van der Waals surface area contributed by atoms with E-state index < -0.39 is 0 Å². The molecule has 0 unspecified atom stereocenters. The summed E-state index contributed by atoms with van der Waals surface area (Å²) in [6, 6.07) is 3.99. The third-order valence-electron chi connectivity index (χ3n) is 2.06. The lowest BCUT2D eigenvalue weighted by atomic mass is 10.2. The highest BCUT2D eigenvalue weighted by Gasteiger charge is 2.12. The number of aryl methyl sites for hydroxylation is 1. The van der Waals surface area contributed by atoms with Crippen molar-refractivity contribution >= 4 is 49.4 Å². The molecule has 0 atom stereocenters. The lowest BCUT2D eigenvalue weighted by Crippen LogP contribution is -1.89. The van der Waals surface area contributed by atoms with Crippen molar-refractivity contribution in [1.82, 2.24) is 9.78 Å². The first-order valence-corrected chi connectivity index (χ1v) is 5.86. The molecule has 0 aliphatic rings. The van der Waals surface area contributed by atoms with Crippen LogP contribution in [0.3, 0.4) is 0 Å². The number of nitrogens with zero attached hydrogens (tertiary/aromatic N) is 2. The zero-order valence-corrected chi connectivity index (χ0v) is 11.5. The SMILES string of the molecule is COc1cc(Br)cc2c1c(I)nn2C. The van der Waals surface area contributed by atoms with Gasteiger partial charge in [-0.3, -0.25) is 4.68 Å². The summed E-state index contributed by atoms with van der Waals surface area (Å²) >= 11 is 5.66. The Morgan fingerprint density at radius 3 is 2.86 bits per heavy atom. The molecule has 2 rings (SSSR count). The van der Waals surface area contributed by atoms with Crippen LogP contribution in [0.15, 0.2) is 16.6 Å². The molecule has 14 heavy (non-hydrogen) atoms. The van der Waals surface area contributed by atoms with Gasteiger partial charge < -0.3 is 4.74 Å². The first kappa shape index (κ1) is 10.2. The zero-order valence-electron chi connectivity index (χ0n) is 7.71. The van der Waals surface area contributed by atoms with Gasteiger partial charge in [-0.25, -0.2) is 0 Å². The van der Waals surface area contributed by atoms with E-state index in [1.165, 1.54) is 0 Å². The van der Waals surface area contributed by atoms with Gasteiger partial charge in [-0.1, -0.05) is 15.9 Å². The standard InChI is InChI=1S/C9H8BrIN2O/c1-13-6-3-5(10)4-7(14-2)8(6)9(11)12-13/h3-4H,1-2H3. The Morgan fingerprint density at radius 1 is 1.50 bits per heavy atom. The highest BCUT2D eigenvalue weighted by molar-refractivity contribution is 14.1. The molecule has 74 valence electrons. The van der Waals surface area contributed by atoms with Gasteiger partial charge in [0.05, 0.1) is 18.0 Å². The molecule has 0 fully saturated rings. The number of benzene rings is 1. The van der Waals surface area contributed by atoms with Crippen LogP contribution in [-0.4, -0.2) is 16.9 Å².